The zero-order valence-electron chi connectivity index (χ0n) is 9.06. The Bertz CT molecular complexity index is 335. The van der Waals surface area contributed by atoms with E-state index >= 15 is 0 Å². The summed E-state index contributed by atoms with van der Waals surface area (Å²) in [6.07, 6.45) is 1.71. The molecule has 1 rings (SSSR count). The van der Waals surface area contributed by atoms with Crippen LogP contribution in [0.4, 0.5) is 0 Å². The maximum Gasteiger partial charge on any atom is 0.306 e. The minimum Gasteiger partial charge on any atom is -0.466 e. The highest BCUT2D eigenvalue weighted by molar-refractivity contribution is 5.81. The minimum absolute atomic E-state index is 0.0933. The van der Waals surface area contributed by atoms with E-state index in [9.17, 15) is 9.59 Å². The van der Waals surface area contributed by atoms with Gasteiger partial charge in [0.25, 0.3) is 0 Å². The predicted molar refractivity (Wildman–Crippen MR) is 54.2 cm³/mol. The zero-order chi connectivity index (χ0) is 11.8. The second kappa shape index (κ2) is 6.60. The molecule has 0 aliphatic carbocycles. The first-order chi connectivity index (χ1) is 7.72. The van der Waals surface area contributed by atoms with Crippen molar-refractivity contribution in [3.63, 3.8) is 0 Å². The number of nitrogens with one attached hydrogen (secondary N) is 1. The molecule has 0 unspecified atom stereocenters. The minimum atomic E-state index is -0.364. The van der Waals surface area contributed by atoms with Crippen molar-refractivity contribution in [1.29, 1.82) is 0 Å². The number of ether oxygens (including phenoxy) is 1. The summed E-state index contributed by atoms with van der Waals surface area (Å²) in [6.45, 7) is 2.34. The number of hydrogen-bond donors (Lipinski definition) is 1. The van der Waals surface area contributed by atoms with Crippen molar-refractivity contribution in [3.8, 4) is 0 Å². The van der Waals surface area contributed by atoms with Gasteiger partial charge in [-0.1, -0.05) is 5.16 Å². The van der Waals surface area contributed by atoms with Gasteiger partial charge in [0, 0.05) is 12.5 Å². The summed E-state index contributed by atoms with van der Waals surface area (Å²) in [4.78, 5) is 22.2. The molecule has 0 spiro atoms. The van der Waals surface area contributed by atoms with Crippen molar-refractivity contribution in [2.45, 2.75) is 26.3 Å². The third-order valence-corrected chi connectivity index (χ3v) is 1.81. The molecule has 1 heterocycles. The average molecular weight is 226 g/mol. The fraction of sp³-hybridized carbons (Fsp3) is 0.500. The van der Waals surface area contributed by atoms with Gasteiger partial charge in [-0.3, -0.25) is 9.59 Å². The maximum atomic E-state index is 11.3. The maximum absolute atomic E-state index is 11.3. The molecule has 0 bridgehead atoms. The molecule has 1 aromatic rings. The zero-order valence-corrected chi connectivity index (χ0v) is 9.06. The van der Waals surface area contributed by atoms with E-state index in [1.165, 1.54) is 6.20 Å². The van der Waals surface area contributed by atoms with Crippen LogP contribution in [-0.2, 0) is 20.9 Å². The Kier molecular flexibility index (Phi) is 5.04. The van der Waals surface area contributed by atoms with Crippen molar-refractivity contribution < 1.29 is 18.8 Å². The van der Waals surface area contributed by atoms with Crippen LogP contribution >= 0.6 is 0 Å². The van der Waals surface area contributed by atoms with Crippen LogP contribution in [0.3, 0.4) is 0 Å². The second-order valence-electron chi connectivity index (χ2n) is 3.06. The van der Waals surface area contributed by atoms with E-state index < -0.39 is 0 Å². The van der Waals surface area contributed by atoms with Gasteiger partial charge in [0.1, 0.15) is 0 Å². The molecule has 0 saturated carbocycles. The molecule has 88 valence electrons. The Hall–Kier alpha value is -1.85. The Morgan fingerprint density at radius 3 is 2.94 bits per heavy atom. The smallest absolute Gasteiger partial charge is 0.306 e. The average Bonchev–Trinajstić information content (AvgIpc) is 2.77. The third kappa shape index (κ3) is 4.59. The van der Waals surface area contributed by atoms with Gasteiger partial charge >= 0.3 is 5.97 Å². The summed E-state index contributed by atoms with van der Waals surface area (Å²) >= 11 is 0. The van der Waals surface area contributed by atoms with Crippen molar-refractivity contribution in [2.75, 3.05) is 6.61 Å². The number of rotatable bonds is 6. The summed E-state index contributed by atoms with van der Waals surface area (Å²) in [5, 5.41) is 6.10. The molecule has 1 N–H and O–H groups in total. The molecule has 6 nitrogen and oxygen atoms in total. The fourth-order valence-corrected chi connectivity index (χ4v) is 1.06. The first-order valence-electron chi connectivity index (χ1n) is 5.04. The van der Waals surface area contributed by atoms with E-state index in [-0.39, 0.29) is 31.3 Å². The summed E-state index contributed by atoms with van der Waals surface area (Å²) in [6, 6.07) is 1.66. The molecular weight excluding hydrogens is 212 g/mol. The lowest BCUT2D eigenvalue weighted by molar-refractivity contribution is -0.144. The van der Waals surface area contributed by atoms with Gasteiger partial charge in [-0.25, -0.2) is 0 Å². The van der Waals surface area contributed by atoms with E-state index in [0.717, 1.165) is 0 Å². The standard InChI is InChI=1S/C10H14N2O4/c1-2-15-10(14)4-3-9(13)11-7-8-5-6-12-16-8/h5-6H,2-4,7H2,1H3,(H,11,13). The van der Waals surface area contributed by atoms with Gasteiger partial charge in [0.05, 0.1) is 25.8 Å². The fourth-order valence-electron chi connectivity index (χ4n) is 1.06. The first kappa shape index (κ1) is 12.2. The SMILES string of the molecule is CCOC(=O)CCC(=O)NCc1ccno1. The Morgan fingerprint density at radius 1 is 1.50 bits per heavy atom. The predicted octanol–water partition coefficient (Wildman–Crippen LogP) is 0.634. The third-order valence-electron chi connectivity index (χ3n) is 1.81. The molecule has 0 radical (unpaired) electrons. The van der Waals surface area contributed by atoms with E-state index in [1.807, 2.05) is 0 Å². The van der Waals surface area contributed by atoms with Crippen LogP contribution in [-0.4, -0.2) is 23.6 Å². The normalized spacial score (nSPS) is 9.81. The molecule has 1 amide bonds. The van der Waals surface area contributed by atoms with Crippen LogP contribution < -0.4 is 5.32 Å². The molecule has 0 aromatic carbocycles. The van der Waals surface area contributed by atoms with Crippen LogP contribution in [0.5, 0.6) is 0 Å². The summed E-state index contributed by atoms with van der Waals surface area (Å²) in [5.74, 6) is -0.00810. The van der Waals surface area contributed by atoms with Gasteiger partial charge in [-0.2, -0.15) is 0 Å². The van der Waals surface area contributed by atoms with E-state index in [1.54, 1.807) is 13.0 Å². The Morgan fingerprint density at radius 2 is 2.31 bits per heavy atom. The number of nitrogens with zero attached hydrogens (tertiary/aromatic N) is 1. The van der Waals surface area contributed by atoms with Gasteiger partial charge in [0.2, 0.25) is 5.91 Å². The highest BCUT2D eigenvalue weighted by atomic mass is 16.5. The van der Waals surface area contributed by atoms with Crippen molar-refractivity contribution in [2.24, 2.45) is 0 Å². The van der Waals surface area contributed by atoms with Crippen LogP contribution in [0.15, 0.2) is 16.8 Å². The molecule has 16 heavy (non-hydrogen) atoms. The molecule has 0 aliphatic rings. The summed E-state index contributed by atoms with van der Waals surface area (Å²) in [5.41, 5.74) is 0. The van der Waals surface area contributed by atoms with E-state index in [0.29, 0.717) is 12.4 Å². The van der Waals surface area contributed by atoms with Crippen LogP contribution in [0, 0.1) is 0 Å². The number of carbonyl (C=O) groups excluding carboxylic acids is 2. The van der Waals surface area contributed by atoms with Crippen LogP contribution in [0.25, 0.3) is 0 Å². The van der Waals surface area contributed by atoms with Crippen molar-refractivity contribution in [3.05, 3.63) is 18.0 Å². The number of esters is 1. The number of amides is 1. The lowest BCUT2D eigenvalue weighted by atomic mass is 10.3. The van der Waals surface area contributed by atoms with E-state index in [2.05, 4.69) is 10.5 Å². The van der Waals surface area contributed by atoms with Gasteiger partial charge in [0.15, 0.2) is 5.76 Å². The largest absolute Gasteiger partial charge is 0.466 e. The number of carbonyl (C=O) groups is 2. The molecule has 1 aromatic heterocycles. The molecular formula is C10H14N2O4. The lowest BCUT2D eigenvalue weighted by Gasteiger charge is -2.02. The van der Waals surface area contributed by atoms with Crippen molar-refractivity contribution in [1.82, 2.24) is 10.5 Å². The highest BCUT2D eigenvalue weighted by Crippen LogP contribution is 1.97. The van der Waals surface area contributed by atoms with Gasteiger partial charge in [-0.05, 0) is 6.92 Å². The van der Waals surface area contributed by atoms with Gasteiger partial charge < -0.3 is 14.6 Å². The second-order valence-corrected chi connectivity index (χ2v) is 3.06. The molecule has 0 saturated heterocycles. The van der Waals surface area contributed by atoms with E-state index in [4.69, 9.17) is 9.26 Å². The van der Waals surface area contributed by atoms with Crippen LogP contribution in [0.1, 0.15) is 25.5 Å². The Labute approximate surface area is 92.9 Å². The summed E-state index contributed by atoms with van der Waals surface area (Å²) < 4.78 is 9.49. The quantitative estimate of drug-likeness (QED) is 0.719. The lowest BCUT2D eigenvalue weighted by Crippen LogP contribution is -2.23. The Balaban J connectivity index is 2.14. The van der Waals surface area contributed by atoms with Gasteiger partial charge in [-0.15, -0.1) is 0 Å². The number of aromatic nitrogens is 1. The van der Waals surface area contributed by atoms with Crippen LogP contribution in [0.2, 0.25) is 0 Å². The molecule has 0 aliphatic heterocycles. The molecule has 6 heteroatoms. The molecule has 0 fully saturated rings. The van der Waals surface area contributed by atoms with Crippen molar-refractivity contribution >= 4 is 11.9 Å². The molecule has 0 atom stereocenters. The topological polar surface area (TPSA) is 81.4 Å². The number of hydrogen-bond acceptors (Lipinski definition) is 5. The monoisotopic (exact) mass is 226 g/mol. The summed E-state index contributed by atoms with van der Waals surface area (Å²) in [7, 11) is 0. The highest BCUT2D eigenvalue weighted by Gasteiger charge is 2.07. The first-order valence-corrected chi connectivity index (χ1v) is 5.04.